The van der Waals surface area contributed by atoms with Gasteiger partial charge in [-0.1, -0.05) is 0 Å². The van der Waals surface area contributed by atoms with Crippen LogP contribution >= 0.6 is 0 Å². The zero-order valence-corrected chi connectivity index (χ0v) is 8.67. The lowest BCUT2D eigenvalue weighted by Gasteiger charge is -2.14. The summed E-state index contributed by atoms with van der Waals surface area (Å²) in [6.45, 7) is 0.509. The van der Waals surface area contributed by atoms with Crippen molar-refractivity contribution in [3.05, 3.63) is 23.9 Å². The first-order valence-corrected chi connectivity index (χ1v) is 5.01. The molecule has 2 atom stereocenters. The van der Waals surface area contributed by atoms with Crippen molar-refractivity contribution in [1.82, 2.24) is 10.3 Å². The Morgan fingerprint density at radius 2 is 2.06 bits per heavy atom. The SMILES string of the molecule is FC1CNCC1Oc1ccc(C(F)(F)F)cn1. The molecule has 94 valence electrons. The van der Waals surface area contributed by atoms with Crippen molar-refractivity contribution in [2.75, 3.05) is 13.1 Å². The number of hydrogen-bond acceptors (Lipinski definition) is 3. The Labute approximate surface area is 94.8 Å². The first-order chi connectivity index (χ1) is 7.97. The van der Waals surface area contributed by atoms with E-state index in [0.29, 0.717) is 12.7 Å². The van der Waals surface area contributed by atoms with Crippen LogP contribution in [0.1, 0.15) is 5.56 Å². The van der Waals surface area contributed by atoms with Crippen LogP contribution < -0.4 is 10.1 Å². The van der Waals surface area contributed by atoms with Crippen molar-refractivity contribution in [2.45, 2.75) is 18.5 Å². The van der Waals surface area contributed by atoms with Gasteiger partial charge in [0.2, 0.25) is 5.88 Å². The highest BCUT2D eigenvalue weighted by molar-refractivity contribution is 5.20. The van der Waals surface area contributed by atoms with Gasteiger partial charge >= 0.3 is 6.18 Å². The number of nitrogens with one attached hydrogen (secondary N) is 1. The fraction of sp³-hybridized carbons (Fsp3) is 0.500. The fourth-order valence-electron chi connectivity index (χ4n) is 1.51. The minimum Gasteiger partial charge on any atom is -0.470 e. The normalized spacial score (nSPS) is 24.9. The Kier molecular flexibility index (Phi) is 3.19. The predicted molar refractivity (Wildman–Crippen MR) is 51.4 cm³/mol. The van der Waals surface area contributed by atoms with Gasteiger partial charge in [-0.3, -0.25) is 0 Å². The van der Waals surface area contributed by atoms with E-state index in [1.807, 2.05) is 0 Å². The lowest BCUT2D eigenvalue weighted by atomic mass is 10.2. The first kappa shape index (κ1) is 12.1. The maximum Gasteiger partial charge on any atom is 0.417 e. The molecule has 1 N–H and O–H groups in total. The van der Waals surface area contributed by atoms with Crippen molar-refractivity contribution < 1.29 is 22.3 Å². The fourth-order valence-corrected chi connectivity index (χ4v) is 1.51. The van der Waals surface area contributed by atoms with E-state index in [4.69, 9.17) is 4.74 Å². The van der Waals surface area contributed by atoms with Gasteiger partial charge in [-0.15, -0.1) is 0 Å². The molecule has 2 rings (SSSR count). The van der Waals surface area contributed by atoms with Gasteiger partial charge in [0.15, 0.2) is 6.17 Å². The highest BCUT2D eigenvalue weighted by atomic mass is 19.4. The summed E-state index contributed by atoms with van der Waals surface area (Å²) in [7, 11) is 0. The Morgan fingerprint density at radius 3 is 2.53 bits per heavy atom. The second-order valence-corrected chi connectivity index (χ2v) is 3.71. The molecule has 2 unspecified atom stereocenters. The third-order valence-corrected chi connectivity index (χ3v) is 2.42. The average Bonchev–Trinajstić information content (AvgIpc) is 2.64. The minimum atomic E-state index is -4.43. The lowest BCUT2D eigenvalue weighted by molar-refractivity contribution is -0.137. The van der Waals surface area contributed by atoms with E-state index in [2.05, 4.69) is 10.3 Å². The largest absolute Gasteiger partial charge is 0.470 e. The van der Waals surface area contributed by atoms with Gasteiger partial charge in [0, 0.05) is 25.4 Å². The number of rotatable bonds is 2. The maximum absolute atomic E-state index is 13.1. The number of halogens is 4. The summed E-state index contributed by atoms with van der Waals surface area (Å²) in [6.07, 6.45) is -5.62. The van der Waals surface area contributed by atoms with Crippen LogP contribution in [0.4, 0.5) is 17.6 Å². The van der Waals surface area contributed by atoms with E-state index in [-0.39, 0.29) is 12.4 Å². The van der Waals surface area contributed by atoms with Crippen LogP contribution in [0.3, 0.4) is 0 Å². The molecule has 1 aliphatic heterocycles. The van der Waals surface area contributed by atoms with E-state index >= 15 is 0 Å². The van der Waals surface area contributed by atoms with Crippen LogP contribution in [-0.4, -0.2) is 30.3 Å². The Balaban J connectivity index is 2.03. The molecule has 1 saturated heterocycles. The van der Waals surface area contributed by atoms with Gasteiger partial charge < -0.3 is 10.1 Å². The number of pyridine rings is 1. The molecule has 0 aromatic carbocycles. The molecule has 17 heavy (non-hydrogen) atoms. The zero-order chi connectivity index (χ0) is 12.5. The molecular weight excluding hydrogens is 240 g/mol. The number of nitrogens with zero attached hydrogens (tertiary/aromatic N) is 1. The molecule has 2 heterocycles. The summed E-state index contributed by atoms with van der Waals surface area (Å²) in [5, 5.41) is 2.77. The third kappa shape index (κ3) is 2.85. The number of alkyl halides is 4. The molecule has 0 aliphatic carbocycles. The van der Waals surface area contributed by atoms with Gasteiger partial charge in [0.05, 0.1) is 5.56 Å². The summed E-state index contributed by atoms with van der Waals surface area (Å²) < 4.78 is 55.0. The van der Waals surface area contributed by atoms with Crippen molar-refractivity contribution in [3.63, 3.8) is 0 Å². The van der Waals surface area contributed by atoms with Gasteiger partial charge in [0.25, 0.3) is 0 Å². The molecule has 0 radical (unpaired) electrons. The topological polar surface area (TPSA) is 34.1 Å². The van der Waals surface area contributed by atoms with Crippen molar-refractivity contribution in [1.29, 1.82) is 0 Å². The summed E-state index contributed by atoms with van der Waals surface area (Å²) in [5.41, 5.74) is -0.855. The average molecular weight is 250 g/mol. The van der Waals surface area contributed by atoms with Crippen molar-refractivity contribution in [2.24, 2.45) is 0 Å². The highest BCUT2D eigenvalue weighted by Crippen LogP contribution is 2.29. The lowest BCUT2D eigenvalue weighted by Crippen LogP contribution is -2.27. The molecule has 1 aliphatic rings. The van der Waals surface area contributed by atoms with E-state index in [1.165, 1.54) is 0 Å². The smallest absolute Gasteiger partial charge is 0.417 e. The first-order valence-electron chi connectivity index (χ1n) is 5.01. The second kappa shape index (κ2) is 4.48. The van der Waals surface area contributed by atoms with Crippen LogP contribution in [-0.2, 0) is 6.18 Å². The molecule has 1 aromatic heterocycles. The molecule has 1 fully saturated rings. The molecule has 7 heteroatoms. The van der Waals surface area contributed by atoms with Gasteiger partial charge in [0.1, 0.15) is 6.10 Å². The molecule has 0 spiro atoms. The molecule has 1 aromatic rings. The van der Waals surface area contributed by atoms with E-state index in [9.17, 15) is 17.6 Å². The maximum atomic E-state index is 13.1. The zero-order valence-electron chi connectivity index (χ0n) is 8.67. The Hall–Kier alpha value is -1.37. The Morgan fingerprint density at radius 1 is 1.29 bits per heavy atom. The monoisotopic (exact) mass is 250 g/mol. The molecule has 0 bridgehead atoms. The second-order valence-electron chi connectivity index (χ2n) is 3.71. The van der Waals surface area contributed by atoms with Crippen LogP contribution in [0.25, 0.3) is 0 Å². The number of aromatic nitrogens is 1. The summed E-state index contributed by atoms with van der Waals surface area (Å²) >= 11 is 0. The Bertz CT molecular complexity index is 379. The number of hydrogen-bond donors (Lipinski definition) is 1. The summed E-state index contributed by atoms with van der Waals surface area (Å²) in [4.78, 5) is 3.51. The van der Waals surface area contributed by atoms with E-state index in [1.54, 1.807) is 0 Å². The van der Waals surface area contributed by atoms with Gasteiger partial charge in [-0.2, -0.15) is 13.2 Å². The van der Waals surface area contributed by atoms with Gasteiger partial charge in [-0.25, -0.2) is 9.37 Å². The van der Waals surface area contributed by atoms with Crippen molar-refractivity contribution in [3.8, 4) is 5.88 Å². The van der Waals surface area contributed by atoms with E-state index < -0.39 is 24.0 Å². The summed E-state index contributed by atoms with van der Waals surface area (Å²) in [6, 6.07) is 1.95. The van der Waals surface area contributed by atoms with Crippen LogP contribution in [0.5, 0.6) is 5.88 Å². The molecular formula is C10H10F4N2O. The third-order valence-electron chi connectivity index (χ3n) is 2.42. The van der Waals surface area contributed by atoms with Crippen LogP contribution in [0, 0.1) is 0 Å². The van der Waals surface area contributed by atoms with E-state index in [0.717, 1.165) is 12.1 Å². The van der Waals surface area contributed by atoms with Crippen LogP contribution in [0.2, 0.25) is 0 Å². The quantitative estimate of drug-likeness (QED) is 0.812. The standard InChI is InChI=1S/C10H10F4N2O/c11-7-4-15-5-8(7)17-9-2-1-6(3-16-9)10(12,13)14/h1-3,7-8,15H,4-5H2. The van der Waals surface area contributed by atoms with Gasteiger partial charge in [-0.05, 0) is 6.07 Å². The predicted octanol–water partition coefficient (Wildman–Crippen LogP) is 1.79. The minimum absolute atomic E-state index is 0.00523. The molecule has 3 nitrogen and oxygen atoms in total. The molecule has 0 amide bonds. The summed E-state index contributed by atoms with van der Waals surface area (Å²) in [5.74, 6) is -0.00523. The van der Waals surface area contributed by atoms with Crippen molar-refractivity contribution >= 4 is 0 Å². The number of ether oxygens (including phenoxy) is 1. The highest BCUT2D eigenvalue weighted by Gasteiger charge is 2.32. The molecule has 0 saturated carbocycles. The van der Waals surface area contributed by atoms with Crippen LogP contribution in [0.15, 0.2) is 18.3 Å².